The van der Waals surface area contributed by atoms with Crippen molar-refractivity contribution in [3.63, 3.8) is 0 Å². The summed E-state index contributed by atoms with van der Waals surface area (Å²) < 4.78 is 40.6. The lowest BCUT2D eigenvalue weighted by atomic mass is 10.1. The normalized spacial score (nSPS) is 20.0. The molecule has 1 aromatic carbocycles. The Labute approximate surface area is 163 Å². The number of rotatable bonds is 8. The molecule has 146 valence electrons. The molecule has 0 unspecified atom stereocenters. The van der Waals surface area contributed by atoms with E-state index in [2.05, 4.69) is 15.9 Å². The van der Waals surface area contributed by atoms with Crippen molar-refractivity contribution in [1.82, 2.24) is 0 Å². The molecule has 8 heteroatoms. The molecule has 0 N–H and O–H groups in total. The lowest BCUT2D eigenvalue weighted by Crippen LogP contribution is -2.21. The summed E-state index contributed by atoms with van der Waals surface area (Å²) in [5.41, 5.74) is 0.736. The van der Waals surface area contributed by atoms with Gasteiger partial charge in [0.2, 0.25) is 0 Å². The van der Waals surface area contributed by atoms with Gasteiger partial charge < -0.3 is 14.2 Å². The molecule has 2 rings (SSSR count). The third-order valence-electron chi connectivity index (χ3n) is 4.29. The monoisotopic (exact) mass is 448 g/mol. The number of esters is 1. The van der Waals surface area contributed by atoms with Crippen LogP contribution < -0.4 is 9.47 Å². The quantitative estimate of drug-likeness (QED) is 0.567. The van der Waals surface area contributed by atoms with Crippen molar-refractivity contribution in [2.75, 3.05) is 19.5 Å². The molecule has 0 aliphatic heterocycles. The third-order valence-corrected chi connectivity index (χ3v) is 6.66. The van der Waals surface area contributed by atoms with Crippen LogP contribution >= 0.6 is 15.9 Å². The van der Waals surface area contributed by atoms with E-state index in [4.69, 9.17) is 14.2 Å². The molecule has 1 aliphatic carbocycles. The summed E-state index contributed by atoms with van der Waals surface area (Å²) in [5, 5.41) is -0.415. The second-order valence-corrected chi connectivity index (χ2v) is 9.49. The number of carbonyl (C=O) groups is 1. The molecule has 26 heavy (non-hydrogen) atoms. The molecule has 0 spiro atoms. The lowest BCUT2D eigenvalue weighted by molar-refractivity contribution is -0.147. The van der Waals surface area contributed by atoms with Gasteiger partial charge in [-0.1, -0.05) is 15.9 Å². The van der Waals surface area contributed by atoms with Gasteiger partial charge in [0, 0.05) is 17.1 Å². The minimum atomic E-state index is -3.09. The Morgan fingerprint density at radius 2 is 1.77 bits per heavy atom. The summed E-state index contributed by atoms with van der Waals surface area (Å²) in [4.78, 5) is 12.3. The van der Waals surface area contributed by atoms with Crippen LogP contribution in [0.5, 0.6) is 11.5 Å². The molecule has 1 fully saturated rings. The number of hydrogen-bond donors (Lipinski definition) is 0. The minimum absolute atomic E-state index is 0.0765. The zero-order valence-corrected chi connectivity index (χ0v) is 17.7. The second-order valence-electron chi connectivity index (χ2n) is 6.31. The number of benzene rings is 1. The van der Waals surface area contributed by atoms with Crippen molar-refractivity contribution in [2.45, 2.75) is 50.9 Å². The van der Waals surface area contributed by atoms with E-state index in [1.54, 1.807) is 12.1 Å². The maximum atomic E-state index is 12.3. The van der Waals surface area contributed by atoms with Crippen molar-refractivity contribution in [3.8, 4) is 11.5 Å². The van der Waals surface area contributed by atoms with E-state index in [1.165, 1.54) is 6.26 Å². The highest BCUT2D eigenvalue weighted by molar-refractivity contribution is 9.10. The summed E-state index contributed by atoms with van der Waals surface area (Å²) in [6.07, 6.45) is 2.46. The molecule has 0 radical (unpaired) electrons. The zero-order chi connectivity index (χ0) is 19.3. The van der Waals surface area contributed by atoms with Gasteiger partial charge in [-0.15, -0.1) is 0 Å². The molecule has 0 heterocycles. The average Bonchev–Trinajstić information content (AvgIpc) is 3.00. The fourth-order valence-electron chi connectivity index (χ4n) is 3.03. The molecule has 6 nitrogen and oxygen atoms in total. The first kappa shape index (κ1) is 21.0. The van der Waals surface area contributed by atoms with Crippen LogP contribution in [0.15, 0.2) is 16.6 Å². The van der Waals surface area contributed by atoms with Crippen molar-refractivity contribution >= 4 is 31.7 Å². The highest BCUT2D eigenvalue weighted by atomic mass is 79.9. The number of halogens is 1. The SMILES string of the molecule is CCOc1cc(Br)c(CC(=O)O[C@@H]2CC[C@H](S(C)(=O)=O)C2)cc1OCC. The fraction of sp³-hybridized carbons (Fsp3) is 0.611. The number of carbonyl (C=O) groups excluding carboxylic acids is 1. The van der Waals surface area contributed by atoms with Crippen molar-refractivity contribution in [2.24, 2.45) is 0 Å². The first-order valence-electron chi connectivity index (χ1n) is 8.70. The Bertz CT molecular complexity index is 746. The van der Waals surface area contributed by atoms with Gasteiger partial charge in [0.25, 0.3) is 0 Å². The highest BCUT2D eigenvalue weighted by Crippen LogP contribution is 2.34. The minimum Gasteiger partial charge on any atom is -0.490 e. The molecule has 0 amide bonds. The Hall–Kier alpha value is -1.28. The van der Waals surface area contributed by atoms with Crippen LogP contribution in [0, 0.1) is 0 Å². The standard InChI is InChI=1S/C18H25BrO6S/c1-4-23-16-8-12(15(19)11-17(16)24-5-2)9-18(20)25-13-6-7-14(10-13)26(3,21)22/h8,11,13-14H,4-7,9-10H2,1-3H3/t13-,14+/m1/s1. The van der Waals surface area contributed by atoms with Gasteiger partial charge in [-0.25, -0.2) is 8.42 Å². The lowest BCUT2D eigenvalue weighted by Gasteiger charge is -2.15. The predicted octanol–water partition coefficient (Wildman–Crippen LogP) is 3.30. The smallest absolute Gasteiger partial charge is 0.310 e. The summed E-state index contributed by atoms with van der Waals surface area (Å²) in [6.45, 7) is 4.77. The molecule has 1 aromatic rings. The van der Waals surface area contributed by atoms with Gasteiger partial charge in [0.15, 0.2) is 11.5 Å². The van der Waals surface area contributed by atoms with Gasteiger partial charge in [0.05, 0.1) is 24.9 Å². The first-order valence-corrected chi connectivity index (χ1v) is 11.5. The van der Waals surface area contributed by atoms with E-state index < -0.39 is 15.1 Å². The summed E-state index contributed by atoms with van der Waals surface area (Å²) in [7, 11) is -3.09. The van der Waals surface area contributed by atoms with Crippen molar-refractivity contribution in [1.29, 1.82) is 0 Å². The second kappa shape index (κ2) is 9.08. The summed E-state index contributed by atoms with van der Waals surface area (Å²) in [5.74, 6) is 0.819. The topological polar surface area (TPSA) is 78.9 Å². The van der Waals surface area contributed by atoms with Crippen LogP contribution in [0.25, 0.3) is 0 Å². The fourth-order valence-corrected chi connectivity index (χ4v) is 4.62. The first-order chi connectivity index (χ1) is 12.2. The van der Waals surface area contributed by atoms with Gasteiger partial charge in [0.1, 0.15) is 15.9 Å². The van der Waals surface area contributed by atoms with E-state index >= 15 is 0 Å². The van der Waals surface area contributed by atoms with Crippen LogP contribution in [-0.2, 0) is 25.8 Å². The van der Waals surface area contributed by atoms with Gasteiger partial charge >= 0.3 is 5.97 Å². The Morgan fingerprint density at radius 3 is 2.31 bits per heavy atom. The van der Waals surface area contributed by atoms with E-state index in [0.29, 0.717) is 44.0 Å². The van der Waals surface area contributed by atoms with Crippen molar-refractivity contribution in [3.05, 3.63) is 22.2 Å². The van der Waals surface area contributed by atoms with Crippen LogP contribution in [0.2, 0.25) is 0 Å². The maximum Gasteiger partial charge on any atom is 0.310 e. The number of hydrogen-bond acceptors (Lipinski definition) is 6. The van der Waals surface area contributed by atoms with Crippen LogP contribution in [0.3, 0.4) is 0 Å². The molecule has 0 aromatic heterocycles. The largest absolute Gasteiger partial charge is 0.490 e. The number of ether oxygens (including phenoxy) is 3. The Kier molecular flexibility index (Phi) is 7.34. The van der Waals surface area contributed by atoms with E-state index in [9.17, 15) is 13.2 Å². The Morgan fingerprint density at radius 1 is 1.15 bits per heavy atom. The molecular weight excluding hydrogens is 424 g/mol. The van der Waals surface area contributed by atoms with Gasteiger partial charge in [-0.2, -0.15) is 0 Å². The van der Waals surface area contributed by atoms with Crippen molar-refractivity contribution < 1.29 is 27.4 Å². The summed E-state index contributed by atoms with van der Waals surface area (Å²) >= 11 is 3.46. The number of sulfone groups is 1. The highest BCUT2D eigenvalue weighted by Gasteiger charge is 2.33. The Balaban J connectivity index is 2.03. The van der Waals surface area contributed by atoms with Crippen LogP contribution in [0.1, 0.15) is 38.7 Å². The average molecular weight is 449 g/mol. The van der Waals surface area contributed by atoms with Crippen LogP contribution in [-0.4, -0.2) is 45.2 Å². The molecule has 0 saturated heterocycles. The van der Waals surface area contributed by atoms with Crippen LogP contribution in [0.4, 0.5) is 0 Å². The van der Waals surface area contributed by atoms with Gasteiger partial charge in [-0.3, -0.25) is 4.79 Å². The molecule has 2 atom stereocenters. The summed E-state index contributed by atoms with van der Waals surface area (Å²) in [6, 6.07) is 3.56. The molecule has 1 aliphatic rings. The van der Waals surface area contributed by atoms with Gasteiger partial charge in [-0.05, 0) is 44.4 Å². The van der Waals surface area contributed by atoms with E-state index in [-0.39, 0.29) is 18.5 Å². The molecule has 0 bridgehead atoms. The predicted molar refractivity (Wildman–Crippen MR) is 103 cm³/mol. The molecular formula is C18H25BrO6S. The van der Waals surface area contributed by atoms with E-state index in [0.717, 1.165) is 10.0 Å². The molecule has 1 saturated carbocycles. The third kappa shape index (κ3) is 5.61. The maximum absolute atomic E-state index is 12.3. The zero-order valence-electron chi connectivity index (χ0n) is 15.3. The van der Waals surface area contributed by atoms with E-state index in [1.807, 2.05) is 13.8 Å².